The molecule has 0 saturated heterocycles. The number of nitrogens with one attached hydrogen (secondary N) is 1. The van der Waals surface area contributed by atoms with E-state index in [0.29, 0.717) is 28.2 Å². The zero-order chi connectivity index (χ0) is 24.3. The van der Waals surface area contributed by atoms with E-state index in [9.17, 15) is 9.59 Å². The van der Waals surface area contributed by atoms with Gasteiger partial charge in [0, 0.05) is 23.7 Å². The number of halogens is 1. The molecular weight excluding hydrogens is 436 g/mol. The first kappa shape index (κ1) is 24.6. The van der Waals surface area contributed by atoms with Gasteiger partial charge in [0.1, 0.15) is 5.82 Å². The molecule has 0 bridgehead atoms. The maximum atomic E-state index is 12.7. The Kier molecular flexibility index (Phi) is 7.38. The summed E-state index contributed by atoms with van der Waals surface area (Å²) in [4.78, 5) is 38.0. The molecule has 0 spiro atoms. The first-order valence-corrected chi connectivity index (χ1v) is 11.4. The van der Waals surface area contributed by atoms with Crippen molar-refractivity contribution in [2.75, 3.05) is 7.05 Å². The van der Waals surface area contributed by atoms with Crippen LogP contribution in [0.2, 0.25) is 5.02 Å². The van der Waals surface area contributed by atoms with Gasteiger partial charge in [0.25, 0.3) is 0 Å². The van der Waals surface area contributed by atoms with E-state index in [0.717, 1.165) is 17.5 Å². The topological polar surface area (TPSA) is 79.0 Å². The van der Waals surface area contributed by atoms with E-state index < -0.39 is 5.69 Å². The minimum atomic E-state index is -0.508. The number of aromatic amines is 1. The van der Waals surface area contributed by atoms with E-state index in [1.54, 1.807) is 24.1 Å². The molecule has 1 N–H and O–H groups in total. The number of nitrogens with zero attached hydrogens (tertiary/aromatic N) is 3. The molecule has 0 atom stereocenters. The van der Waals surface area contributed by atoms with E-state index in [2.05, 4.69) is 28.8 Å². The molecule has 3 aromatic rings. The van der Waals surface area contributed by atoms with Crippen LogP contribution in [0.3, 0.4) is 0 Å². The average molecular weight is 467 g/mol. The first-order chi connectivity index (χ1) is 15.4. The van der Waals surface area contributed by atoms with Gasteiger partial charge >= 0.3 is 5.69 Å². The number of likely N-dealkylation sites (N-methyl/N-ethyl adjacent to an activating group) is 1. The van der Waals surface area contributed by atoms with Crippen molar-refractivity contribution in [3.8, 4) is 22.8 Å². The fourth-order valence-electron chi connectivity index (χ4n) is 3.43. The molecule has 1 aromatic heterocycles. The molecule has 0 fully saturated rings. The summed E-state index contributed by atoms with van der Waals surface area (Å²) in [5.41, 5.74) is 2.53. The fourth-order valence-corrected chi connectivity index (χ4v) is 3.64. The molecule has 174 valence electrons. The molecule has 1 amide bonds. The second-order valence-corrected chi connectivity index (χ2v) is 10.1. The summed E-state index contributed by atoms with van der Waals surface area (Å²) in [5, 5.41) is 0.433. The number of rotatable bonds is 6. The minimum Gasteiger partial charge on any atom is -0.341 e. The van der Waals surface area contributed by atoms with Crippen LogP contribution in [0, 0.1) is 5.92 Å². The monoisotopic (exact) mass is 466 g/mol. The van der Waals surface area contributed by atoms with E-state index in [-0.39, 0.29) is 17.9 Å². The van der Waals surface area contributed by atoms with E-state index >= 15 is 0 Å². The number of carbonyl (C=O) groups is 1. The number of aromatic nitrogens is 3. The third-order valence-electron chi connectivity index (χ3n) is 5.53. The second-order valence-electron chi connectivity index (χ2n) is 9.74. The van der Waals surface area contributed by atoms with Gasteiger partial charge in [0.05, 0.1) is 11.4 Å². The molecule has 0 aliphatic carbocycles. The zero-order valence-electron chi connectivity index (χ0n) is 20.1. The van der Waals surface area contributed by atoms with Crippen LogP contribution in [0.4, 0.5) is 0 Å². The Balaban J connectivity index is 1.94. The highest BCUT2D eigenvalue weighted by Gasteiger charge is 2.22. The molecule has 1 heterocycles. The molecule has 33 heavy (non-hydrogen) atoms. The Morgan fingerprint density at radius 1 is 1.06 bits per heavy atom. The van der Waals surface area contributed by atoms with Crippen molar-refractivity contribution in [3.63, 3.8) is 0 Å². The lowest BCUT2D eigenvalue weighted by Gasteiger charge is -2.32. The number of amides is 1. The highest BCUT2D eigenvalue weighted by Crippen LogP contribution is 2.28. The van der Waals surface area contributed by atoms with Gasteiger partial charge in [-0.25, -0.2) is 9.78 Å². The lowest BCUT2D eigenvalue weighted by molar-refractivity contribution is -0.133. The van der Waals surface area contributed by atoms with E-state index in [4.69, 9.17) is 11.6 Å². The Labute approximate surface area is 200 Å². The van der Waals surface area contributed by atoms with Crippen LogP contribution in [0.5, 0.6) is 0 Å². The van der Waals surface area contributed by atoms with Gasteiger partial charge in [0.2, 0.25) is 5.91 Å². The van der Waals surface area contributed by atoms with Crippen LogP contribution in [0.15, 0.2) is 47.3 Å². The summed E-state index contributed by atoms with van der Waals surface area (Å²) < 4.78 is 0. The molecule has 0 aliphatic heterocycles. The molecule has 0 aliphatic rings. The highest BCUT2D eigenvalue weighted by molar-refractivity contribution is 6.33. The second kappa shape index (κ2) is 9.87. The largest absolute Gasteiger partial charge is 0.348 e. The quantitative estimate of drug-likeness (QED) is 0.544. The van der Waals surface area contributed by atoms with Crippen molar-refractivity contribution in [2.45, 2.75) is 53.0 Å². The predicted octanol–water partition coefficient (Wildman–Crippen LogP) is 5.15. The maximum absolute atomic E-state index is 12.7. The molecule has 2 aromatic carbocycles. The van der Waals surface area contributed by atoms with Gasteiger partial charge in [-0.3, -0.25) is 9.78 Å². The van der Waals surface area contributed by atoms with Crippen LogP contribution >= 0.6 is 11.6 Å². The van der Waals surface area contributed by atoms with Crippen LogP contribution in [0.25, 0.3) is 22.8 Å². The summed E-state index contributed by atoms with van der Waals surface area (Å²) in [6, 6.07) is 13.2. The van der Waals surface area contributed by atoms with Crippen LogP contribution in [0.1, 0.15) is 45.7 Å². The third kappa shape index (κ3) is 6.29. The number of H-pyrrole nitrogens is 1. The van der Waals surface area contributed by atoms with Crippen molar-refractivity contribution in [2.24, 2.45) is 5.92 Å². The van der Waals surface area contributed by atoms with Crippen molar-refractivity contribution >= 4 is 17.5 Å². The van der Waals surface area contributed by atoms with E-state index in [1.165, 1.54) is 5.56 Å². The lowest BCUT2D eigenvalue weighted by atomic mass is 10.0. The number of hydrogen-bond acceptors (Lipinski definition) is 4. The average Bonchev–Trinajstić information content (AvgIpc) is 2.73. The van der Waals surface area contributed by atoms with Gasteiger partial charge in [-0.2, -0.15) is 4.98 Å². The summed E-state index contributed by atoms with van der Waals surface area (Å²) >= 11 is 6.44. The van der Waals surface area contributed by atoms with Crippen LogP contribution in [-0.2, 0) is 17.6 Å². The van der Waals surface area contributed by atoms with Crippen molar-refractivity contribution < 1.29 is 4.79 Å². The Bertz CT molecular complexity index is 1190. The van der Waals surface area contributed by atoms with Crippen LogP contribution < -0.4 is 5.69 Å². The minimum absolute atomic E-state index is 0.00544. The highest BCUT2D eigenvalue weighted by atomic mass is 35.5. The van der Waals surface area contributed by atoms with Crippen molar-refractivity contribution in [1.82, 2.24) is 19.9 Å². The first-order valence-electron chi connectivity index (χ1n) is 11.1. The SMILES string of the molecule is CC(C)Cc1ccc(-c2nc(-c3cc(CC(=O)N(C)C(C)(C)C)ccc3Cl)[nH]c(=O)n2)cc1. The normalized spacial score (nSPS) is 11.6. The summed E-state index contributed by atoms with van der Waals surface area (Å²) in [7, 11) is 1.79. The zero-order valence-corrected chi connectivity index (χ0v) is 20.8. The number of benzene rings is 2. The van der Waals surface area contributed by atoms with Crippen molar-refractivity contribution in [3.05, 3.63) is 69.1 Å². The lowest BCUT2D eigenvalue weighted by Crippen LogP contribution is -2.43. The molecular formula is C26H31ClN4O2. The van der Waals surface area contributed by atoms with Crippen LogP contribution in [-0.4, -0.2) is 38.3 Å². The number of hydrogen-bond donors (Lipinski definition) is 1. The van der Waals surface area contributed by atoms with Gasteiger partial charge < -0.3 is 4.90 Å². The Morgan fingerprint density at radius 3 is 2.30 bits per heavy atom. The molecule has 3 rings (SSSR count). The third-order valence-corrected chi connectivity index (χ3v) is 5.86. The van der Waals surface area contributed by atoms with Gasteiger partial charge in [-0.05, 0) is 56.4 Å². The summed E-state index contributed by atoms with van der Waals surface area (Å²) in [5.74, 6) is 1.20. The smallest absolute Gasteiger partial charge is 0.341 e. The fraction of sp³-hybridized carbons (Fsp3) is 0.385. The molecule has 6 nitrogen and oxygen atoms in total. The molecule has 0 unspecified atom stereocenters. The Morgan fingerprint density at radius 2 is 1.70 bits per heavy atom. The number of carbonyl (C=O) groups excluding carboxylic acids is 1. The predicted molar refractivity (Wildman–Crippen MR) is 133 cm³/mol. The van der Waals surface area contributed by atoms with E-state index in [1.807, 2.05) is 51.1 Å². The Hall–Kier alpha value is -2.99. The van der Waals surface area contributed by atoms with Gasteiger partial charge in [0.15, 0.2) is 5.82 Å². The maximum Gasteiger partial charge on any atom is 0.348 e. The van der Waals surface area contributed by atoms with Gasteiger partial charge in [-0.1, -0.05) is 55.8 Å². The molecule has 0 radical (unpaired) electrons. The molecule has 7 heteroatoms. The standard InChI is InChI=1S/C26H31ClN4O2/c1-16(2)13-17-7-10-19(11-8-17)23-28-24(30-25(33)29-23)20-14-18(9-12-21(20)27)15-22(32)31(6)26(3,4)5/h7-12,14,16H,13,15H2,1-6H3,(H,28,29,30,33). The molecule has 0 saturated carbocycles. The van der Waals surface area contributed by atoms with Gasteiger partial charge in [-0.15, -0.1) is 0 Å². The van der Waals surface area contributed by atoms with Crippen molar-refractivity contribution in [1.29, 1.82) is 0 Å². The summed E-state index contributed by atoms with van der Waals surface area (Å²) in [6.45, 7) is 10.3. The summed E-state index contributed by atoms with van der Waals surface area (Å²) in [6.07, 6.45) is 1.20.